The molecule has 0 bridgehead atoms. The smallest absolute Gasteiger partial charge is 0.338 e. The lowest BCUT2D eigenvalue weighted by Crippen LogP contribution is -2.04. The minimum absolute atomic E-state index is 0.327. The summed E-state index contributed by atoms with van der Waals surface area (Å²) in [4.78, 5) is 20.2. The summed E-state index contributed by atoms with van der Waals surface area (Å²) in [7, 11) is 0. The van der Waals surface area contributed by atoms with Gasteiger partial charge in [-0.05, 0) is 32.0 Å². The van der Waals surface area contributed by atoms with E-state index >= 15 is 0 Å². The van der Waals surface area contributed by atoms with E-state index in [1.807, 2.05) is 19.1 Å². The third-order valence-electron chi connectivity index (χ3n) is 2.43. The number of aromatic nitrogens is 2. The lowest BCUT2D eigenvalue weighted by Gasteiger charge is -2.04. The largest absolute Gasteiger partial charge is 0.462 e. The molecule has 0 spiro atoms. The van der Waals surface area contributed by atoms with Gasteiger partial charge in [-0.15, -0.1) is 0 Å². The molecule has 4 nitrogen and oxygen atoms in total. The van der Waals surface area contributed by atoms with Gasteiger partial charge in [0.1, 0.15) is 0 Å². The summed E-state index contributed by atoms with van der Waals surface area (Å²) in [5.41, 5.74) is 2.21. The topological polar surface area (TPSA) is 52.1 Å². The van der Waals surface area contributed by atoms with Gasteiger partial charge in [-0.2, -0.15) is 0 Å². The van der Waals surface area contributed by atoms with Gasteiger partial charge in [0.2, 0.25) is 0 Å². The fourth-order valence-electron chi connectivity index (χ4n) is 1.59. The van der Waals surface area contributed by atoms with Crippen LogP contribution in [0.15, 0.2) is 36.5 Å². The second-order valence-electron chi connectivity index (χ2n) is 3.82. The number of aryl methyl sites for hydroxylation is 1. The van der Waals surface area contributed by atoms with E-state index in [-0.39, 0.29) is 5.97 Å². The second-order valence-corrected chi connectivity index (χ2v) is 3.82. The van der Waals surface area contributed by atoms with Crippen LogP contribution < -0.4 is 0 Å². The van der Waals surface area contributed by atoms with Crippen LogP contribution >= 0.6 is 0 Å². The summed E-state index contributed by atoms with van der Waals surface area (Å²) >= 11 is 0. The molecule has 1 aromatic carbocycles. The van der Waals surface area contributed by atoms with Crippen LogP contribution in [0.2, 0.25) is 0 Å². The summed E-state index contributed by atoms with van der Waals surface area (Å²) in [5, 5.41) is 0. The SMILES string of the molecule is CCOC(=O)c1cccc(-c2nccc(C)n2)c1. The van der Waals surface area contributed by atoms with Crippen LogP contribution in [0.5, 0.6) is 0 Å². The Morgan fingerprint density at radius 1 is 1.33 bits per heavy atom. The number of carbonyl (C=O) groups excluding carboxylic acids is 1. The van der Waals surface area contributed by atoms with Crippen molar-refractivity contribution in [3.63, 3.8) is 0 Å². The first-order valence-electron chi connectivity index (χ1n) is 5.78. The molecule has 1 heterocycles. The number of hydrogen-bond donors (Lipinski definition) is 0. The average molecular weight is 242 g/mol. The van der Waals surface area contributed by atoms with Crippen LogP contribution in [-0.4, -0.2) is 22.5 Å². The maximum absolute atomic E-state index is 11.6. The van der Waals surface area contributed by atoms with Crippen LogP contribution in [0.3, 0.4) is 0 Å². The number of ether oxygens (including phenoxy) is 1. The van der Waals surface area contributed by atoms with Crippen molar-refractivity contribution in [2.45, 2.75) is 13.8 Å². The molecule has 1 aromatic heterocycles. The Balaban J connectivity index is 2.35. The molecule has 0 aliphatic heterocycles. The molecule has 0 amide bonds. The minimum Gasteiger partial charge on any atom is -0.462 e. The van der Waals surface area contributed by atoms with E-state index in [1.54, 1.807) is 31.3 Å². The molecule has 2 aromatic rings. The Bertz CT molecular complexity index is 567. The van der Waals surface area contributed by atoms with Crippen LogP contribution in [-0.2, 0) is 4.74 Å². The number of esters is 1. The summed E-state index contributed by atoms with van der Waals surface area (Å²) in [5.74, 6) is 0.285. The van der Waals surface area contributed by atoms with Gasteiger partial charge in [0.05, 0.1) is 12.2 Å². The van der Waals surface area contributed by atoms with Crippen LogP contribution in [0, 0.1) is 6.92 Å². The van der Waals surface area contributed by atoms with Crippen LogP contribution in [0.4, 0.5) is 0 Å². The van der Waals surface area contributed by atoms with E-state index in [2.05, 4.69) is 9.97 Å². The molecular weight excluding hydrogens is 228 g/mol. The van der Waals surface area contributed by atoms with Gasteiger partial charge in [-0.3, -0.25) is 0 Å². The number of rotatable bonds is 3. The van der Waals surface area contributed by atoms with E-state index in [0.29, 0.717) is 18.0 Å². The van der Waals surface area contributed by atoms with Gasteiger partial charge in [0.15, 0.2) is 5.82 Å². The van der Waals surface area contributed by atoms with Crippen LogP contribution in [0.25, 0.3) is 11.4 Å². The highest BCUT2D eigenvalue weighted by Gasteiger charge is 2.08. The van der Waals surface area contributed by atoms with Gasteiger partial charge in [-0.1, -0.05) is 12.1 Å². The molecule has 0 radical (unpaired) electrons. The summed E-state index contributed by atoms with van der Waals surface area (Å²) in [6.07, 6.45) is 1.70. The summed E-state index contributed by atoms with van der Waals surface area (Å²) < 4.78 is 4.96. The quantitative estimate of drug-likeness (QED) is 0.776. The number of benzene rings is 1. The first-order chi connectivity index (χ1) is 8.70. The zero-order valence-corrected chi connectivity index (χ0v) is 10.4. The van der Waals surface area contributed by atoms with E-state index in [4.69, 9.17) is 4.74 Å². The predicted molar refractivity (Wildman–Crippen MR) is 68.2 cm³/mol. The highest BCUT2D eigenvalue weighted by atomic mass is 16.5. The van der Waals surface area contributed by atoms with E-state index in [9.17, 15) is 4.79 Å². The van der Waals surface area contributed by atoms with Gasteiger partial charge in [0.25, 0.3) is 0 Å². The maximum Gasteiger partial charge on any atom is 0.338 e. The average Bonchev–Trinajstić information content (AvgIpc) is 2.39. The first-order valence-corrected chi connectivity index (χ1v) is 5.78. The first kappa shape index (κ1) is 12.2. The van der Waals surface area contributed by atoms with E-state index < -0.39 is 0 Å². The molecule has 0 atom stereocenters. The lowest BCUT2D eigenvalue weighted by atomic mass is 10.1. The molecule has 0 aliphatic rings. The molecule has 4 heteroatoms. The number of nitrogens with zero attached hydrogens (tertiary/aromatic N) is 2. The standard InChI is InChI=1S/C14H14N2O2/c1-3-18-14(17)12-6-4-5-11(9-12)13-15-8-7-10(2)16-13/h4-9H,3H2,1-2H3. The van der Waals surface area contributed by atoms with Gasteiger partial charge < -0.3 is 4.74 Å². The highest BCUT2D eigenvalue weighted by Crippen LogP contribution is 2.16. The van der Waals surface area contributed by atoms with Crippen molar-refractivity contribution < 1.29 is 9.53 Å². The van der Waals surface area contributed by atoms with Crippen molar-refractivity contribution in [3.8, 4) is 11.4 Å². The molecular formula is C14H14N2O2. The Kier molecular flexibility index (Phi) is 3.67. The number of carbonyl (C=O) groups is 1. The monoisotopic (exact) mass is 242 g/mol. The summed E-state index contributed by atoms with van der Waals surface area (Å²) in [6, 6.07) is 8.97. The normalized spacial score (nSPS) is 10.1. The molecule has 0 aliphatic carbocycles. The Labute approximate surface area is 106 Å². The molecule has 92 valence electrons. The predicted octanol–water partition coefficient (Wildman–Crippen LogP) is 2.63. The van der Waals surface area contributed by atoms with E-state index in [1.165, 1.54) is 0 Å². The van der Waals surface area contributed by atoms with Crippen molar-refractivity contribution >= 4 is 5.97 Å². The number of hydrogen-bond acceptors (Lipinski definition) is 4. The molecule has 0 saturated carbocycles. The maximum atomic E-state index is 11.6. The van der Waals surface area contributed by atoms with Gasteiger partial charge in [-0.25, -0.2) is 14.8 Å². The lowest BCUT2D eigenvalue weighted by molar-refractivity contribution is 0.0526. The minimum atomic E-state index is -0.327. The third kappa shape index (κ3) is 2.71. The van der Waals surface area contributed by atoms with Crippen molar-refractivity contribution in [3.05, 3.63) is 47.8 Å². The Morgan fingerprint density at radius 2 is 2.17 bits per heavy atom. The fourth-order valence-corrected chi connectivity index (χ4v) is 1.59. The zero-order valence-electron chi connectivity index (χ0n) is 10.4. The molecule has 18 heavy (non-hydrogen) atoms. The summed E-state index contributed by atoms with van der Waals surface area (Å²) in [6.45, 7) is 4.05. The van der Waals surface area contributed by atoms with Crippen molar-refractivity contribution in [2.75, 3.05) is 6.61 Å². The highest BCUT2D eigenvalue weighted by molar-refractivity contribution is 5.90. The van der Waals surface area contributed by atoms with Gasteiger partial charge >= 0.3 is 5.97 Å². The Morgan fingerprint density at radius 3 is 2.89 bits per heavy atom. The molecule has 0 saturated heterocycles. The van der Waals surface area contributed by atoms with Gasteiger partial charge in [0, 0.05) is 17.5 Å². The second kappa shape index (κ2) is 5.40. The molecule has 2 rings (SSSR count). The van der Waals surface area contributed by atoms with Crippen molar-refractivity contribution in [2.24, 2.45) is 0 Å². The van der Waals surface area contributed by atoms with Crippen LogP contribution in [0.1, 0.15) is 23.0 Å². The fraction of sp³-hybridized carbons (Fsp3) is 0.214. The van der Waals surface area contributed by atoms with Crippen molar-refractivity contribution in [1.82, 2.24) is 9.97 Å². The third-order valence-corrected chi connectivity index (χ3v) is 2.43. The van der Waals surface area contributed by atoms with E-state index in [0.717, 1.165) is 11.3 Å². The molecule has 0 fully saturated rings. The Hall–Kier alpha value is -2.23. The molecule has 0 N–H and O–H groups in total. The van der Waals surface area contributed by atoms with Crippen molar-refractivity contribution in [1.29, 1.82) is 0 Å². The molecule has 0 unspecified atom stereocenters. The zero-order chi connectivity index (χ0) is 13.0.